The third kappa shape index (κ3) is 3.89. The highest BCUT2D eigenvalue weighted by atomic mass is 32.2. The van der Waals surface area contributed by atoms with Crippen molar-refractivity contribution in [1.82, 2.24) is 9.71 Å². The topological polar surface area (TPSA) is 42.0 Å². The summed E-state index contributed by atoms with van der Waals surface area (Å²) < 4.78 is 15.2. The second-order valence-corrected chi connectivity index (χ2v) is 7.64. The fourth-order valence-corrected chi connectivity index (χ4v) is 2.60. The van der Waals surface area contributed by atoms with E-state index in [1.807, 2.05) is 40.8 Å². The fourth-order valence-electron chi connectivity index (χ4n) is 1.70. The van der Waals surface area contributed by atoms with Crippen molar-refractivity contribution in [3.8, 4) is 0 Å². The first-order valence-corrected chi connectivity index (χ1v) is 7.52. The first-order valence-electron chi connectivity index (χ1n) is 6.37. The number of hydrogen-bond donors (Lipinski definition) is 1. The van der Waals surface area contributed by atoms with Crippen LogP contribution in [0.25, 0.3) is 0 Å². The van der Waals surface area contributed by atoms with Gasteiger partial charge in [-0.3, -0.25) is 4.98 Å². The summed E-state index contributed by atoms with van der Waals surface area (Å²) in [5.74, 6) is 0. The minimum absolute atomic E-state index is 0.117. The normalized spacial score (nSPS) is 15.4. The van der Waals surface area contributed by atoms with E-state index in [0.29, 0.717) is 0 Å². The predicted molar refractivity (Wildman–Crippen MR) is 77.8 cm³/mol. The molecular formula is C14H24N2OS. The van der Waals surface area contributed by atoms with Crippen LogP contribution in [-0.4, -0.2) is 13.9 Å². The quantitative estimate of drug-likeness (QED) is 0.911. The van der Waals surface area contributed by atoms with Crippen molar-refractivity contribution in [1.29, 1.82) is 0 Å². The molecule has 1 N–H and O–H groups in total. The number of aromatic nitrogens is 1. The lowest BCUT2D eigenvalue weighted by molar-refractivity contribution is 0.586. The Morgan fingerprint density at radius 3 is 2.50 bits per heavy atom. The molecule has 3 nitrogen and oxygen atoms in total. The number of nitrogens with zero attached hydrogens (tertiary/aromatic N) is 1. The van der Waals surface area contributed by atoms with E-state index in [4.69, 9.17) is 0 Å². The molecule has 0 amide bonds. The number of rotatable bonds is 4. The Morgan fingerprint density at radius 1 is 1.39 bits per heavy atom. The van der Waals surface area contributed by atoms with Gasteiger partial charge in [-0.15, -0.1) is 0 Å². The molecule has 0 fully saturated rings. The van der Waals surface area contributed by atoms with Gasteiger partial charge in [0.05, 0.1) is 15.7 Å². The highest BCUT2D eigenvalue weighted by Crippen LogP contribution is 2.23. The van der Waals surface area contributed by atoms with Gasteiger partial charge in [0, 0.05) is 17.9 Å². The van der Waals surface area contributed by atoms with Crippen LogP contribution in [0.4, 0.5) is 0 Å². The summed E-state index contributed by atoms with van der Waals surface area (Å²) in [5.41, 5.74) is 3.34. The van der Waals surface area contributed by atoms with Crippen molar-refractivity contribution in [2.24, 2.45) is 0 Å². The molecule has 2 atom stereocenters. The van der Waals surface area contributed by atoms with Crippen LogP contribution in [0.2, 0.25) is 0 Å². The van der Waals surface area contributed by atoms with Gasteiger partial charge in [0.1, 0.15) is 0 Å². The minimum Gasteiger partial charge on any atom is -0.261 e. The maximum atomic E-state index is 12.2. The molecule has 0 aromatic carbocycles. The predicted octanol–water partition coefficient (Wildman–Crippen LogP) is 3.20. The first-order chi connectivity index (χ1) is 8.25. The summed E-state index contributed by atoms with van der Waals surface area (Å²) in [4.78, 5) is 4.28. The van der Waals surface area contributed by atoms with Gasteiger partial charge in [0.25, 0.3) is 0 Å². The summed E-state index contributed by atoms with van der Waals surface area (Å²) in [6.45, 7) is 12.1. The molecule has 2 unspecified atom stereocenters. The lowest BCUT2D eigenvalue weighted by Crippen LogP contribution is -2.35. The summed E-state index contributed by atoms with van der Waals surface area (Å²) in [5, 5.41) is 0. The molecular weight excluding hydrogens is 244 g/mol. The molecule has 1 heterocycles. The van der Waals surface area contributed by atoms with E-state index in [9.17, 15) is 4.21 Å². The summed E-state index contributed by atoms with van der Waals surface area (Å²) >= 11 is 0. The molecule has 1 rings (SSSR count). The van der Waals surface area contributed by atoms with Gasteiger partial charge in [-0.05, 0) is 58.2 Å². The lowest BCUT2D eigenvalue weighted by atomic mass is 10.0. The molecule has 102 valence electrons. The first kappa shape index (κ1) is 15.3. The molecule has 0 aliphatic rings. The molecule has 1 aromatic rings. The van der Waals surface area contributed by atoms with Gasteiger partial charge in [-0.25, -0.2) is 8.93 Å². The average Bonchev–Trinajstić information content (AvgIpc) is 2.28. The fraction of sp³-hybridized carbons (Fsp3) is 0.643. The van der Waals surface area contributed by atoms with Crippen LogP contribution < -0.4 is 4.72 Å². The van der Waals surface area contributed by atoms with E-state index in [1.54, 1.807) is 0 Å². The van der Waals surface area contributed by atoms with Crippen LogP contribution in [0.15, 0.2) is 12.3 Å². The number of pyridine rings is 1. The lowest BCUT2D eigenvalue weighted by Gasteiger charge is -2.24. The number of hydrogen-bond acceptors (Lipinski definition) is 2. The van der Waals surface area contributed by atoms with E-state index in [2.05, 4.69) is 22.7 Å². The van der Waals surface area contributed by atoms with Gasteiger partial charge in [-0.1, -0.05) is 6.92 Å². The second kappa shape index (κ2) is 5.93. The van der Waals surface area contributed by atoms with Gasteiger partial charge in [-0.2, -0.15) is 0 Å². The zero-order valence-corrected chi connectivity index (χ0v) is 13.0. The van der Waals surface area contributed by atoms with E-state index < -0.39 is 11.0 Å². The maximum absolute atomic E-state index is 12.2. The molecule has 0 radical (unpaired) electrons. The molecule has 0 spiro atoms. The smallest absolute Gasteiger partial charge is 0.0975 e. The molecule has 18 heavy (non-hydrogen) atoms. The third-order valence-electron chi connectivity index (χ3n) is 2.87. The van der Waals surface area contributed by atoms with Crippen LogP contribution in [0.5, 0.6) is 0 Å². The average molecular weight is 268 g/mol. The Kier molecular flexibility index (Phi) is 5.05. The highest BCUT2D eigenvalue weighted by molar-refractivity contribution is 7.84. The molecule has 1 aromatic heterocycles. The Hall–Kier alpha value is -0.740. The van der Waals surface area contributed by atoms with Crippen molar-refractivity contribution in [3.63, 3.8) is 0 Å². The second-order valence-electron chi connectivity index (χ2n) is 5.64. The molecule has 0 saturated heterocycles. The molecule has 0 aliphatic heterocycles. The summed E-state index contributed by atoms with van der Waals surface area (Å²) in [7, 11) is -1.05. The third-order valence-corrected chi connectivity index (χ3v) is 4.48. The summed E-state index contributed by atoms with van der Waals surface area (Å²) in [6, 6.07) is 2.20. The van der Waals surface area contributed by atoms with Crippen molar-refractivity contribution in [2.75, 3.05) is 0 Å². The summed E-state index contributed by atoms with van der Waals surface area (Å²) in [6.07, 6.45) is 2.79. The van der Waals surface area contributed by atoms with Gasteiger partial charge >= 0.3 is 0 Å². The van der Waals surface area contributed by atoms with Crippen LogP contribution in [-0.2, 0) is 11.0 Å². The minimum atomic E-state index is -1.05. The molecule has 0 aliphatic carbocycles. The molecule has 0 saturated carbocycles. The standard InChI is InChI=1S/C14H24N2OS/c1-7-13(16-18(17)14(4,5)6)12-8-11(3)15-9-10(12)2/h8-9,13,16H,7H2,1-6H3. The molecule has 0 bridgehead atoms. The number of nitrogens with one attached hydrogen (secondary N) is 1. The van der Waals surface area contributed by atoms with Crippen molar-refractivity contribution in [3.05, 3.63) is 29.1 Å². The largest absolute Gasteiger partial charge is 0.261 e. The van der Waals surface area contributed by atoms with Crippen molar-refractivity contribution in [2.45, 2.75) is 58.8 Å². The van der Waals surface area contributed by atoms with Crippen molar-refractivity contribution < 1.29 is 4.21 Å². The number of aryl methyl sites for hydroxylation is 2. The Labute approximate surface area is 113 Å². The Balaban J connectivity index is 2.97. The van der Waals surface area contributed by atoms with E-state index in [-0.39, 0.29) is 10.8 Å². The van der Waals surface area contributed by atoms with Gasteiger partial charge < -0.3 is 0 Å². The SMILES string of the molecule is CCC(NS(=O)C(C)(C)C)c1cc(C)ncc1C. The zero-order valence-electron chi connectivity index (χ0n) is 12.2. The van der Waals surface area contributed by atoms with E-state index in [1.165, 1.54) is 5.56 Å². The molecule has 4 heteroatoms. The maximum Gasteiger partial charge on any atom is 0.0975 e. The Bertz CT molecular complexity index is 438. The van der Waals surface area contributed by atoms with Crippen LogP contribution in [0, 0.1) is 13.8 Å². The van der Waals surface area contributed by atoms with Gasteiger partial charge in [0.2, 0.25) is 0 Å². The highest BCUT2D eigenvalue weighted by Gasteiger charge is 2.23. The zero-order chi connectivity index (χ0) is 13.9. The van der Waals surface area contributed by atoms with Crippen LogP contribution >= 0.6 is 0 Å². The van der Waals surface area contributed by atoms with E-state index in [0.717, 1.165) is 17.7 Å². The van der Waals surface area contributed by atoms with Crippen LogP contribution in [0.3, 0.4) is 0 Å². The van der Waals surface area contributed by atoms with Crippen molar-refractivity contribution >= 4 is 11.0 Å². The monoisotopic (exact) mass is 268 g/mol. The van der Waals surface area contributed by atoms with Crippen LogP contribution in [0.1, 0.15) is 57.0 Å². The Morgan fingerprint density at radius 2 is 2.00 bits per heavy atom. The van der Waals surface area contributed by atoms with Gasteiger partial charge in [0.15, 0.2) is 0 Å². The van der Waals surface area contributed by atoms with E-state index >= 15 is 0 Å².